The van der Waals surface area contributed by atoms with Crippen molar-refractivity contribution in [2.45, 2.75) is 12.8 Å². The minimum atomic E-state index is -4.51. The average molecular weight is 401 g/mol. The van der Waals surface area contributed by atoms with Crippen molar-refractivity contribution in [1.82, 2.24) is 10.6 Å². The van der Waals surface area contributed by atoms with Crippen molar-refractivity contribution in [2.24, 2.45) is 0 Å². The average Bonchev–Trinajstić information content (AvgIpc) is 2.63. The molecule has 0 heterocycles. The molecule has 0 radical (unpaired) electrons. The van der Waals surface area contributed by atoms with Gasteiger partial charge < -0.3 is 15.4 Å². The van der Waals surface area contributed by atoms with Crippen molar-refractivity contribution in [2.75, 3.05) is 13.1 Å². The van der Waals surface area contributed by atoms with Gasteiger partial charge in [-0.15, -0.1) is 0 Å². The van der Waals surface area contributed by atoms with Crippen LogP contribution in [-0.2, 0) is 11.4 Å². The Hall–Kier alpha value is -2.74. The summed E-state index contributed by atoms with van der Waals surface area (Å²) in [4.78, 5) is 23.6. The van der Waals surface area contributed by atoms with Gasteiger partial charge in [0.1, 0.15) is 18.9 Å². The number of carbonyl (C=O) groups excluding carboxylic acids is 2. The van der Waals surface area contributed by atoms with Gasteiger partial charge in [0, 0.05) is 5.02 Å². The second kappa shape index (κ2) is 9.27. The van der Waals surface area contributed by atoms with Gasteiger partial charge in [0.15, 0.2) is 0 Å². The van der Waals surface area contributed by atoms with Gasteiger partial charge in [-0.2, -0.15) is 13.2 Å². The van der Waals surface area contributed by atoms with E-state index >= 15 is 0 Å². The van der Waals surface area contributed by atoms with Crippen LogP contribution in [0.3, 0.4) is 0 Å². The number of benzene rings is 2. The second-order valence-electron chi connectivity index (χ2n) is 5.49. The molecule has 0 spiro atoms. The molecule has 2 aromatic rings. The van der Waals surface area contributed by atoms with Crippen LogP contribution in [-0.4, -0.2) is 31.1 Å². The van der Waals surface area contributed by atoms with E-state index in [0.29, 0.717) is 5.02 Å². The van der Waals surface area contributed by atoms with E-state index in [1.165, 1.54) is 6.07 Å². The summed E-state index contributed by atoms with van der Waals surface area (Å²) in [6, 6.07) is 13.3. The first-order valence-corrected chi connectivity index (χ1v) is 8.20. The van der Waals surface area contributed by atoms with E-state index in [1.54, 1.807) is 47.8 Å². The Bertz CT molecular complexity index is 795. The van der Waals surface area contributed by atoms with Crippen LogP contribution >= 0.6 is 11.6 Å². The van der Waals surface area contributed by atoms with Gasteiger partial charge in [0.05, 0.1) is 12.1 Å². The molecule has 2 N–H and O–H groups in total. The van der Waals surface area contributed by atoms with Crippen molar-refractivity contribution in [3.8, 4) is 5.75 Å². The molecule has 0 unspecified atom stereocenters. The van der Waals surface area contributed by atoms with Crippen LogP contribution in [0, 0.1) is 0 Å². The Kier molecular flexibility index (Phi) is 7.06. The molecule has 2 amide bonds. The van der Waals surface area contributed by atoms with Crippen molar-refractivity contribution >= 4 is 23.4 Å². The van der Waals surface area contributed by atoms with Crippen LogP contribution in [0.5, 0.6) is 5.75 Å². The summed E-state index contributed by atoms with van der Waals surface area (Å²) < 4.78 is 41.8. The first-order valence-electron chi connectivity index (χ1n) is 7.82. The first-order chi connectivity index (χ1) is 12.7. The third-order valence-electron chi connectivity index (χ3n) is 3.33. The van der Waals surface area contributed by atoms with Crippen LogP contribution in [0.15, 0.2) is 48.5 Å². The van der Waals surface area contributed by atoms with Crippen molar-refractivity contribution < 1.29 is 27.5 Å². The lowest BCUT2D eigenvalue weighted by Gasteiger charge is -2.12. The third-order valence-corrected chi connectivity index (χ3v) is 3.59. The highest BCUT2D eigenvalue weighted by Gasteiger charge is 2.27. The predicted octanol–water partition coefficient (Wildman–Crippen LogP) is 3.33. The fraction of sp³-hybridized carbons (Fsp3) is 0.222. The molecule has 0 aromatic heterocycles. The molecule has 0 fully saturated rings. The number of alkyl halides is 3. The molecular formula is C18H16ClF3N2O3. The summed E-state index contributed by atoms with van der Waals surface area (Å²) in [7, 11) is 0. The van der Waals surface area contributed by atoms with Gasteiger partial charge in [-0.3, -0.25) is 9.59 Å². The molecule has 144 valence electrons. The summed E-state index contributed by atoms with van der Waals surface area (Å²) in [5.74, 6) is -1.30. The molecular weight excluding hydrogens is 385 g/mol. The minimum absolute atomic E-state index is 0.162. The molecule has 0 aliphatic carbocycles. The van der Waals surface area contributed by atoms with Crippen LogP contribution < -0.4 is 15.4 Å². The quantitative estimate of drug-likeness (QED) is 0.749. The van der Waals surface area contributed by atoms with Gasteiger partial charge in [0.25, 0.3) is 5.91 Å². The molecule has 0 atom stereocenters. The number of carbonyl (C=O) groups is 2. The fourth-order valence-corrected chi connectivity index (χ4v) is 2.16. The zero-order valence-corrected chi connectivity index (χ0v) is 14.7. The van der Waals surface area contributed by atoms with E-state index in [9.17, 15) is 22.8 Å². The zero-order chi connectivity index (χ0) is 19.9. The van der Waals surface area contributed by atoms with Crippen LogP contribution in [0.2, 0.25) is 5.02 Å². The van der Waals surface area contributed by atoms with E-state index in [-0.39, 0.29) is 17.9 Å². The van der Waals surface area contributed by atoms with Gasteiger partial charge in [-0.25, -0.2) is 0 Å². The Morgan fingerprint density at radius 1 is 1.00 bits per heavy atom. The van der Waals surface area contributed by atoms with E-state index < -0.39 is 31.1 Å². The highest BCUT2D eigenvalue weighted by Crippen LogP contribution is 2.20. The largest absolute Gasteiger partial charge is 0.488 e. The van der Waals surface area contributed by atoms with E-state index in [2.05, 4.69) is 5.32 Å². The third kappa shape index (κ3) is 7.18. The number of para-hydroxylation sites is 1. The SMILES string of the molecule is O=C(CNC(=O)c1ccccc1OCc1ccc(Cl)cc1)NCC(F)(F)F. The Morgan fingerprint density at radius 3 is 2.33 bits per heavy atom. The number of halogens is 4. The van der Waals surface area contributed by atoms with Crippen molar-refractivity contribution in [1.29, 1.82) is 0 Å². The van der Waals surface area contributed by atoms with Crippen LogP contribution in [0.1, 0.15) is 15.9 Å². The Balaban J connectivity index is 1.92. The molecule has 0 saturated carbocycles. The molecule has 9 heteroatoms. The van der Waals surface area contributed by atoms with Crippen LogP contribution in [0.25, 0.3) is 0 Å². The van der Waals surface area contributed by atoms with Crippen LogP contribution in [0.4, 0.5) is 13.2 Å². The molecule has 0 aliphatic rings. The monoisotopic (exact) mass is 400 g/mol. The summed E-state index contributed by atoms with van der Waals surface area (Å²) in [5.41, 5.74) is 0.997. The summed E-state index contributed by atoms with van der Waals surface area (Å²) >= 11 is 5.81. The first kappa shape index (κ1) is 20.6. The number of hydrogen-bond donors (Lipinski definition) is 2. The summed E-state index contributed by atoms with van der Waals surface area (Å²) in [5, 5.41) is 4.53. The maximum absolute atomic E-state index is 12.2. The van der Waals surface area contributed by atoms with Gasteiger partial charge in [-0.1, -0.05) is 35.9 Å². The number of nitrogens with one attached hydrogen (secondary N) is 2. The molecule has 2 rings (SSSR count). The van der Waals surface area contributed by atoms with E-state index in [1.807, 2.05) is 0 Å². The lowest BCUT2D eigenvalue weighted by molar-refractivity contribution is -0.137. The second-order valence-corrected chi connectivity index (χ2v) is 5.92. The minimum Gasteiger partial charge on any atom is -0.488 e. The smallest absolute Gasteiger partial charge is 0.405 e. The topological polar surface area (TPSA) is 67.4 Å². The molecule has 0 aliphatic heterocycles. The van der Waals surface area contributed by atoms with E-state index in [0.717, 1.165) is 5.56 Å². The zero-order valence-electron chi connectivity index (χ0n) is 14.0. The molecule has 0 saturated heterocycles. The summed E-state index contributed by atoms with van der Waals surface area (Å²) in [6.07, 6.45) is -4.51. The highest BCUT2D eigenvalue weighted by atomic mass is 35.5. The lowest BCUT2D eigenvalue weighted by atomic mass is 10.2. The van der Waals surface area contributed by atoms with Crippen molar-refractivity contribution in [3.63, 3.8) is 0 Å². The normalized spacial score (nSPS) is 11.0. The number of ether oxygens (including phenoxy) is 1. The predicted molar refractivity (Wildman–Crippen MR) is 93.6 cm³/mol. The molecule has 2 aromatic carbocycles. The maximum atomic E-state index is 12.2. The van der Waals surface area contributed by atoms with Gasteiger partial charge in [0.2, 0.25) is 5.91 Å². The summed E-state index contributed by atoms with van der Waals surface area (Å²) in [6.45, 7) is -1.85. The molecule has 5 nitrogen and oxygen atoms in total. The van der Waals surface area contributed by atoms with Gasteiger partial charge >= 0.3 is 6.18 Å². The fourth-order valence-electron chi connectivity index (χ4n) is 2.04. The Labute approximate surface area is 158 Å². The standard InChI is InChI=1S/C18H16ClF3N2O3/c19-13-7-5-12(6-8-13)10-27-15-4-2-1-3-14(15)17(26)23-9-16(25)24-11-18(20,21)22/h1-8H,9-11H2,(H,23,26)(H,24,25). The Morgan fingerprint density at radius 2 is 1.67 bits per heavy atom. The highest BCUT2D eigenvalue weighted by molar-refractivity contribution is 6.30. The number of rotatable bonds is 7. The number of amides is 2. The maximum Gasteiger partial charge on any atom is 0.405 e. The van der Waals surface area contributed by atoms with E-state index in [4.69, 9.17) is 16.3 Å². The van der Waals surface area contributed by atoms with Gasteiger partial charge in [-0.05, 0) is 29.8 Å². The number of hydrogen-bond acceptors (Lipinski definition) is 3. The molecule has 27 heavy (non-hydrogen) atoms. The van der Waals surface area contributed by atoms with Crippen molar-refractivity contribution in [3.05, 3.63) is 64.7 Å². The lowest BCUT2D eigenvalue weighted by Crippen LogP contribution is -2.40. The molecule has 0 bridgehead atoms.